The zero-order chi connectivity index (χ0) is 42.3. The molecule has 4 aromatic rings. The van der Waals surface area contributed by atoms with E-state index in [2.05, 4.69) is 119 Å². The molecule has 1 heterocycles. The van der Waals surface area contributed by atoms with Crippen LogP contribution in [0.1, 0.15) is 113 Å². The molecule has 6 rings (SSSR count). The van der Waals surface area contributed by atoms with Gasteiger partial charge >= 0.3 is 278 Å². The fourth-order valence-electron chi connectivity index (χ4n) is 7.51. The van der Waals surface area contributed by atoms with E-state index in [1.165, 1.54) is 71.2 Å². The van der Waals surface area contributed by atoms with Gasteiger partial charge in [0.15, 0.2) is 0 Å². The maximum atomic E-state index is 11.7. The molecule has 7 heteroatoms. The molecule has 0 amide bonds. The van der Waals surface area contributed by atoms with Crippen LogP contribution >= 0.6 is 15.9 Å². The van der Waals surface area contributed by atoms with E-state index in [0.717, 1.165) is 33.1 Å². The Hall–Kier alpha value is -1.93. The Morgan fingerprint density at radius 2 is 0.895 bits per heavy atom. The van der Waals surface area contributed by atoms with E-state index in [1.54, 1.807) is 0 Å². The van der Waals surface area contributed by atoms with Gasteiger partial charge in [0.25, 0.3) is 0 Å². The molecule has 1 aliphatic heterocycles. The zero-order valence-electron chi connectivity index (χ0n) is 37.5. The van der Waals surface area contributed by atoms with Gasteiger partial charge in [-0.25, -0.2) is 0 Å². The average Bonchev–Trinajstić information content (AvgIpc) is 3.39. The third-order valence-electron chi connectivity index (χ3n) is 11.1. The number of hydrogen-bond acceptors (Lipinski definition) is 2. The molecule has 57 heavy (non-hydrogen) atoms. The van der Waals surface area contributed by atoms with Crippen molar-refractivity contribution in [2.45, 2.75) is 152 Å². The van der Waals surface area contributed by atoms with E-state index >= 15 is 0 Å². The maximum Gasteiger partial charge on any atom is -0.0866 e. The van der Waals surface area contributed by atoms with E-state index in [1.807, 2.05) is 60.7 Å². The summed E-state index contributed by atoms with van der Waals surface area (Å²) in [6.45, 7) is 35.6. The summed E-state index contributed by atoms with van der Waals surface area (Å²) in [6.07, 6.45) is 8.24. The van der Waals surface area contributed by atoms with Crippen molar-refractivity contribution < 1.29 is 25.7 Å². The monoisotopic (exact) mass is 874 g/mol. The Kier molecular flexibility index (Phi) is 16.8. The summed E-state index contributed by atoms with van der Waals surface area (Å²) in [7, 11) is -2.65. The van der Waals surface area contributed by atoms with Crippen molar-refractivity contribution in [1.82, 2.24) is 0 Å². The molecule has 2 aliphatic rings. The number of rotatable bonds is 6. The van der Waals surface area contributed by atoms with Crippen molar-refractivity contribution in [3.8, 4) is 11.5 Å². The molecular formula is C50H74O2S2Si2Ti-2. The van der Waals surface area contributed by atoms with E-state index in [-0.39, 0.29) is 26.3 Å². The second-order valence-electron chi connectivity index (χ2n) is 20.3. The minimum atomic E-state index is -1.70. The summed E-state index contributed by atoms with van der Waals surface area (Å²) in [5, 5.41) is 27.6. The minimum absolute atomic E-state index is 0.0721. The summed E-state index contributed by atoms with van der Waals surface area (Å²) in [6, 6.07) is 29.2. The number of benzene rings is 4. The van der Waals surface area contributed by atoms with E-state index in [9.17, 15) is 10.2 Å². The zero-order valence-corrected chi connectivity index (χ0v) is 42.7. The van der Waals surface area contributed by atoms with Crippen LogP contribution < -0.4 is 10.4 Å². The standard InChI is InChI=1S/C36H60O2S2Si2.2C7H7.Ti/c1-35(2,3)27-19-25(33(37)31(21-27)41(7,8)9)23-39-29-17-15-13-14-16-18-30(29)40-24-26-20-28(36(4,5)6)22-32(34(26)38)42(10,11)12;2*1-7-5-3-2-4-6-7;/h19-22,29-30,37-38H,13-18,23-24H2,1-12H3;2*2-6H,1H2;/q;2*-1;/t29-,30?;;;/m0.../s1. The van der Waals surface area contributed by atoms with Crippen molar-refractivity contribution in [3.63, 3.8) is 0 Å². The first kappa shape index (κ1) is 47.7. The summed E-state index contributed by atoms with van der Waals surface area (Å²) < 4.78 is 0. The topological polar surface area (TPSA) is 40.5 Å². The van der Waals surface area contributed by atoms with Crippen LogP contribution in [0, 0.1) is 13.8 Å². The van der Waals surface area contributed by atoms with Crippen LogP contribution in [0.4, 0.5) is 0 Å². The molecule has 0 radical (unpaired) electrons. The van der Waals surface area contributed by atoms with Gasteiger partial charge in [-0.3, -0.25) is 0 Å². The molecule has 1 aliphatic carbocycles. The van der Waals surface area contributed by atoms with Crippen LogP contribution in [0.15, 0.2) is 84.9 Å². The smallest absolute Gasteiger partial charge is 0.0866 e. The third-order valence-corrected chi connectivity index (χ3v) is 31.0. The molecule has 2 N–H and O–H groups in total. The number of fused-ring (bicyclic) bond motifs is 1. The molecule has 1 fully saturated rings. The van der Waals surface area contributed by atoms with Gasteiger partial charge in [0.2, 0.25) is 0 Å². The van der Waals surface area contributed by atoms with Crippen LogP contribution in [0.25, 0.3) is 0 Å². The number of phenolic OH excluding ortho intramolecular Hbond substituents is 2. The van der Waals surface area contributed by atoms with Gasteiger partial charge in [-0.1, -0.05) is 12.1 Å². The summed E-state index contributed by atoms with van der Waals surface area (Å²) in [4.78, 5) is 0. The second kappa shape index (κ2) is 20.1. The molecule has 2 nitrogen and oxygen atoms in total. The molecule has 4 atom stereocenters. The Morgan fingerprint density at radius 1 is 0.561 bits per heavy atom. The summed E-state index contributed by atoms with van der Waals surface area (Å²) in [5.74, 6) is 3.39. The van der Waals surface area contributed by atoms with Crippen molar-refractivity contribution in [3.05, 3.63) is 132 Å². The summed E-state index contributed by atoms with van der Waals surface area (Å²) in [5.41, 5.74) is 7.53. The molecule has 1 saturated carbocycles. The van der Waals surface area contributed by atoms with Crippen molar-refractivity contribution >= 4 is 42.5 Å². The molecule has 0 aromatic heterocycles. The Labute approximate surface area is 361 Å². The molecular weight excluding hydrogens is 801 g/mol. The first-order valence-corrected chi connectivity index (χ1v) is 34.8. The SMILES string of the molecule is CC(C)(C)c1cc(C[S]2=[Ti]=[S@@](Cc3cc(C(C)(C)C)cc([Si](C)(C)C)c3O)C3CCCCCC[C@@H]32)c(O)c([Si](C)(C)C)c1.[CH2-]c1ccccc1.[CH2-]c1ccccc1. The largest absolute Gasteiger partial charge is 0.199 e. The minimum Gasteiger partial charge on any atom is -0.199 e. The number of phenols is 2. The molecule has 0 saturated heterocycles. The quantitative estimate of drug-likeness (QED) is 0.150. The fraction of sp³-hybridized carbons (Fsp3) is 0.480. The summed E-state index contributed by atoms with van der Waals surface area (Å²) >= 11 is -0.221. The molecule has 312 valence electrons. The van der Waals surface area contributed by atoms with Crippen molar-refractivity contribution in [2.75, 3.05) is 0 Å². The fourth-order valence-corrected chi connectivity index (χ4v) is 31.3. The second-order valence-corrected chi connectivity index (χ2v) is 41.8. The van der Waals surface area contributed by atoms with Gasteiger partial charge in [0.1, 0.15) is 0 Å². The van der Waals surface area contributed by atoms with Gasteiger partial charge in [-0.2, -0.15) is 49.2 Å². The third kappa shape index (κ3) is 13.8. The first-order chi connectivity index (χ1) is 26.5. The molecule has 0 bridgehead atoms. The Morgan fingerprint density at radius 3 is 1.16 bits per heavy atom. The van der Waals surface area contributed by atoms with Gasteiger partial charge in [0, 0.05) is 0 Å². The van der Waals surface area contributed by atoms with Gasteiger partial charge in [-0.15, -0.1) is 24.3 Å². The van der Waals surface area contributed by atoms with Gasteiger partial charge < -0.3 is 0 Å². The maximum absolute atomic E-state index is 11.7. The van der Waals surface area contributed by atoms with E-state index in [4.69, 9.17) is 0 Å². The van der Waals surface area contributed by atoms with Gasteiger partial charge in [-0.05, 0) is 0 Å². The van der Waals surface area contributed by atoms with Crippen LogP contribution in [-0.4, -0.2) is 36.9 Å². The molecule has 0 spiro atoms. The number of hydrogen-bond donors (Lipinski definition) is 2. The van der Waals surface area contributed by atoms with Crippen LogP contribution in [0.5, 0.6) is 11.5 Å². The normalized spacial score (nSPS) is 19.9. The van der Waals surface area contributed by atoms with Crippen molar-refractivity contribution in [2.24, 2.45) is 0 Å². The van der Waals surface area contributed by atoms with Crippen LogP contribution in [-0.2, 0) is 37.8 Å². The predicted molar refractivity (Wildman–Crippen MR) is 259 cm³/mol. The Bertz CT molecular complexity index is 1870. The molecule has 2 unspecified atom stereocenters. The molecule has 4 aromatic carbocycles. The van der Waals surface area contributed by atoms with Crippen LogP contribution in [0.2, 0.25) is 39.3 Å². The van der Waals surface area contributed by atoms with Crippen LogP contribution in [0.3, 0.4) is 0 Å². The van der Waals surface area contributed by atoms with E-state index < -0.39 is 16.1 Å². The van der Waals surface area contributed by atoms with Crippen molar-refractivity contribution in [1.29, 1.82) is 0 Å². The first-order valence-electron chi connectivity index (χ1n) is 21.1. The predicted octanol–water partition coefficient (Wildman–Crippen LogP) is 13.8. The average molecular weight is 875 g/mol. The number of aromatic hydroxyl groups is 2. The van der Waals surface area contributed by atoms with E-state index in [0.29, 0.717) is 27.4 Å². The Balaban J connectivity index is 0.000000428. The van der Waals surface area contributed by atoms with Gasteiger partial charge in [0.05, 0.1) is 0 Å².